The molecule has 2 atom stereocenters. The van der Waals surface area contributed by atoms with Gasteiger partial charge in [-0.05, 0) is 57.4 Å². The van der Waals surface area contributed by atoms with E-state index in [4.69, 9.17) is 9.15 Å². The molecule has 3 aromatic heterocycles. The first-order valence-electron chi connectivity index (χ1n) is 15.2. The molecule has 4 heterocycles. The summed E-state index contributed by atoms with van der Waals surface area (Å²) in [5, 5.41) is 8.74. The Hall–Kier alpha value is -4.02. The van der Waals surface area contributed by atoms with Crippen molar-refractivity contribution in [2.24, 2.45) is 0 Å². The van der Waals surface area contributed by atoms with Crippen molar-refractivity contribution in [2.45, 2.75) is 58.4 Å². The Labute approximate surface area is 258 Å². The number of aryl methyl sites for hydroxylation is 1. The molecule has 10 heteroatoms. The summed E-state index contributed by atoms with van der Waals surface area (Å²) in [6.07, 6.45) is 9.85. The van der Waals surface area contributed by atoms with Crippen molar-refractivity contribution in [1.29, 1.82) is 0 Å². The molecule has 0 fully saturated rings. The number of aromatic nitrogens is 3. The van der Waals surface area contributed by atoms with Gasteiger partial charge in [-0.1, -0.05) is 18.2 Å². The lowest BCUT2D eigenvalue weighted by Crippen LogP contribution is -2.47. The molecule has 0 bridgehead atoms. The summed E-state index contributed by atoms with van der Waals surface area (Å²) in [5.74, 6) is 1.30. The third-order valence-electron chi connectivity index (χ3n) is 7.88. The van der Waals surface area contributed by atoms with Gasteiger partial charge in [0.1, 0.15) is 23.6 Å². The third kappa shape index (κ3) is 7.19. The molecule has 1 amide bonds. The maximum absolute atomic E-state index is 15.1. The van der Waals surface area contributed by atoms with Gasteiger partial charge < -0.3 is 19.4 Å². The number of halogens is 1. The molecule has 5 rings (SSSR count). The van der Waals surface area contributed by atoms with Gasteiger partial charge in [0.25, 0.3) is 0 Å². The van der Waals surface area contributed by atoms with E-state index in [2.05, 4.69) is 52.5 Å². The lowest BCUT2D eigenvalue weighted by atomic mass is 9.88. The van der Waals surface area contributed by atoms with Gasteiger partial charge in [0.05, 0.1) is 12.2 Å². The summed E-state index contributed by atoms with van der Waals surface area (Å²) in [7, 11) is 3.44. The Bertz CT molecular complexity index is 1600. The molecule has 4 aromatic rings. The van der Waals surface area contributed by atoms with Crippen molar-refractivity contribution < 1.29 is 18.3 Å². The van der Waals surface area contributed by atoms with E-state index < -0.39 is 5.67 Å². The van der Waals surface area contributed by atoms with Gasteiger partial charge in [-0.2, -0.15) is 5.10 Å². The summed E-state index contributed by atoms with van der Waals surface area (Å²) in [6.45, 7) is 10.1. The van der Waals surface area contributed by atoms with Crippen LogP contribution in [0.2, 0.25) is 0 Å². The van der Waals surface area contributed by atoms with Crippen LogP contribution in [0.4, 0.5) is 4.39 Å². The van der Waals surface area contributed by atoms with Crippen molar-refractivity contribution in [3.8, 4) is 17.0 Å². The normalized spacial score (nSPS) is 17.3. The fraction of sp³-hybridized carbons (Fsp3) is 0.441. The highest BCUT2D eigenvalue weighted by Gasteiger charge is 2.40. The van der Waals surface area contributed by atoms with E-state index in [9.17, 15) is 4.79 Å². The first-order valence-corrected chi connectivity index (χ1v) is 15.2. The first-order chi connectivity index (χ1) is 21.0. The predicted molar refractivity (Wildman–Crippen MR) is 170 cm³/mol. The second-order valence-electron chi connectivity index (χ2n) is 12.2. The second-order valence-corrected chi connectivity index (χ2v) is 12.2. The molecular weight excluding hydrogens is 559 g/mol. The van der Waals surface area contributed by atoms with E-state index in [1.165, 1.54) is 4.90 Å². The lowest BCUT2D eigenvalue weighted by Gasteiger charge is -2.41. The number of hydrogen-bond donors (Lipinski definition) is 1. The minimum Gasteiger partial charge on any atom is -0.476 e. The van der Waals surface area contributed by atoms with Crippen molar-refractivity contribution >= 4 is 16.9 Å². The Morgan fingerprint density at radius 2 is 2.05 bits per heavy atom. The highest BCUT2D eigenvalue weighted by Crippen LogP contribution is 2.44. The maximum Gasteiger partial charge on any atom is 0.245 e. The monoisotopic (exact) mass is 602 g/mol. The minimum atomic E-state index is -1.39. The average molecular weight is 603 g/mol. The topological polar surface area (TPSA) is 88.7 Å². The highest BCUT2D eigenvalue weighted by molar-refractivity contribution is 5.88. The van der Waals surface area contributed by atoms with E-state index in [-0.39, 0.29) is 24.5 Å². The van der Waals surface area contributed by atoms with Gasteiger partial charge >= 0.3 is 0 Å². The number of amides is 1. The zero-order valence-electron chi connectivity index (χ0n) is 26.5. The molecule has 44 heavy (non-hydrogen) atoms. The van der Waals surface area contributed by atoms with E-state index in [0.29, 0.717) is 25.6 Å². The van der Waals surface area contributed by atoms with Crippen LogP contribution in [0.15, 0.2) is 65.5 Å². The SMILES string of the molecule is CCn1cc(-c2ccc3oc4c(c3c2)CC(C)N(CC(C)(C)F)C4c2ccc(OCCNC/C=C/C(=O)N(C)C)nc2)cn1. The zero-order chi connectivity index (χ0) is 31.4. The fourth-order valence-corrected chi connectivity index (χ4v) is 5.67. The van der Waals surface area contributed by atoms with Crippen LogP contribution in [0.3, 0.4) is 0 Å². The number of nitrogens with one attached hydrogen (secondary N) is 1. The summed E-state index contributed by atoms with van der Waals surface area (Å²) < 4.78 is 29.5. The quantitative estimate of drug-likeness (QED) is 0.171. The van der Waals surface area contributed by atoms with Crippen LogP contribution in [0.5, 0.6) is 5.88 Å². The average Bonchev–Trinajstić information content (AvgIpc) is 3.61. The minimum absolute atomic E-state index is 0.0481. The van der Waals surface area contributed by atoms with Crippen LogP contribution in [-0.2, 0) is 17.8 Å². The number of nitrogens with zero attached hydrogens (tertiary/aromatic N) is 5. The molecule has 0 radical (unpaired) electrons. The smallest absolute Gasteiger partial charge is 0.245 e. The fourth-order valence-electron chi connectivity index (χ4n) is 5.67. The lowest BCUT2D eigenvalue weighted by molar-refractivity contribution is -0.123. The Balaban J connectivity index is 1.36. The molecule has 234 valence electrons. The number of rotatable bonds is 12. The molecule has 1 N–H and O–H groups in total. The van der Waals surface area contributed by atoms with Crippen LogP contribution in [0.25, 0.3) is 22.1 Å². The summed E-state index contributed by atoms with van der Waals surface area (Å²) in [5.41, 5.74) is 3.67. The van der Waals surface area contributed by atoms with Crippen LogP contribution in [0, 0.1) is 0 Å². The van der Waals surface area contributed by atoms with Crippen molar-refractivity contribution in [3.63, 3.8) is 0 Å². The van der Waals surface area contributed by atoms with Crippen molar-refractivity contribution in [1.82, 2.24) is 29.9 Å². The number of pyridine rings is 1. The maximum atomic E-state index is 15.1. The van der Waals surface area contributed by atoms with Gasteiger partial charge in [-0.3, -0.25) is 14.4 Å². The number of carbonyl (C=O) groups excluding carboxylic acids is 1. The van der Waals surface area contributed by atoms with E-state index in [0.717, 1.165) is 51.9 Å². The number of likely N-dealkylation sites (N-methyl/N-ethyl adjacent to an activating group) is 1. The number of alkyl halides is 1. The van der Waals surface area contributed by atoms with Crippen molar-refractivity contribution in [2.75, 3.05) is 40.3 Å². The molecule has 0 spiro atoms. The molecule has 9 nitrogen and oxygen atoms in total. The Kier molecular flexibility index (Phi) is 9.51. The molecule has 0 aliphatic carbocycles. The predicted octanol–water partition coefficient (Wildman–Crippen LogP) is 5.41. The van der Waals surface area contributed by atoms with E-state index >= 15 is 4.39 Å². The van der Waals surface area contributed by atoms with Crippen LogP contribution in [0.1, 0.15) is 50.6 Å². The van der Waals surface area contributed by atoms with Crippen molar-refractivity contribution in [3.05, 3.63) is 78.0 Å². The summed E-state index contributed by atoms with van der Waals surface area (Å²) in [4.78, 5) is 19.9. The first kappa shape index (κ1) is 31.4. The van der Waals surface area contributed by atoms with Crippen LogP contribution < -0.4 is 10.1 Å². The van der Waals surface area contributed by atoms with Gasteiger partial charge in [-0.15, -0.1) is 0 Å². The summed E-state index contributed by atoms with van der Waals surface area (Å²) in [6, 6.07) is 9.92. The largest absolute Gasteiger partial charge is 0.476 e. The Morgan fingerprint density at radius 3 is 2.73 bits per heavy atom. The molecule has 1 aliphatic heterocycles. The molecular formula is C34H43FN6O3. The molecule has 2 unspecified atom stereocenters. The van der Waals surface area contributed by atoms with Gasteiger partial charge in [0.2, 0.25) is 11.8 Å². The number of fused-ring (bicyclic) bond motifs is 3. The van der Waals surface area contributed by atoms with Gasteiger partial charge in [-0.25, -0.2) is 9.37 Å². The molecule has 1 aliphatic rings. The Morgan fingerprint density at radius 1 is 1.23 bits per heavy atom. The third-order valence-corrected chi connectivity index (χ3v) is 7.88. The zero-order valence-corrected chi connectivity index (χ0v) is 26.5. The standard InChI is InChI=1S/C34H43FN6O3/c1-7-40-21-26(20-38-40)24-10-12-29-27(18-24)28-17-23(2)41(22-34(3,4)35)32(33(28)44-29)25-11-13-30(37-19-25)43-16-15-36-14-8-9-31(42)39(5)6/h8-13,18-21,23,32,36H,7,14-17,22H2,1-6H3/b9-8+. The number of hydrogen-bond acceptors (Lipinski definition) is 7. The molecule has 0 saturated carbocycles. The van der Waals surface area contributed by atoms with Crippen LogP contribution >= 0.6 is 0 Å². The number of benzene rings is 1. The van der Waals surface area contributed by atoms with Gasteiger partial charge in [0, 0.05) is 87.4 Å². The van der Waals surface area contributed by atoms with Crippen LogP contribution in [-0.4, -0.2) is 82.5 Å². The second kappa shape index (κ2) is 13.3. The van der Waals surface area contributed by atoms with E-state index in [1.54, 1.807) is 46.3 Å². The van der Waals surface area contributed by atoms with E-state index in [1.807, 2.05) is 29.1 Å². The number of furan rings is 1. The number of ether oxygens (including phenoxy) is 1. The van der Waals surface area contributed by atoms with Gasteiger partial charge in [0.15, 0.2) is 0 Å². The molecule has 1 aromatic carbocycles. The molecule has 0 saturated heterocycles. The number of carbonyl (C=O) groups is 1. The summed E-state index contributed by atoms with van der Waals surface area (Å²) >= 11 is 0. The highest BCUT2D eigenvalue weighted by atomic mass is 19.1.